The average molecular weight is 452 g/mol. The minimum Gasteiger partial charge on any atom is -0.393 e. The molecule has 7 bridgehead atoms. The number of fused-ring (bicyclic) bond motifs is 1. The van der Waals surface area contributed by atoms with Crippen LogP contribution in [-0.2, 0) is 18.9 Å². The van der Waals surface area contributed by atoms with Crippen LogP contribution in [0.4, 0.5) is 0 Å². The molecule has 8 nitrogen and oxygen atoms in total. The van der Waals surface area contributed by atoms with Gasteiger partial charge in [0.1, 0.15) is 18.0 Å². The second-order valence-electron chi connectivity index (χ2n) is 11.8. The first-order chi connectivity index (χ1) is 15.4. The number of hydrogen-bond acceptors (Lipinski definition) is 8. The Morgan fingerprint density at radius 2 is 1.97 bits per heavy atom. The van der Waals surface area contributed by atoms with Crippen LogP contribution in [0, 0.1) is 34.5 Å². The van der Waals surface area contributed by atoms with Crippen molar-refractivity contribution in [2.45, 2.75) is 74.3 Å². The Bertz CT molecular complexity index is 828. The molecule has 0 aromatic carbocycles. The summed E-state index contributed by atoms with van der Waals surface area (Å²) < 4.78 is 25.0. The average Bonchev–Trinajstić information content (AvgIpc) is 3.36. The van der Waals surface area contributed by atoms with Crippen LogP contribution in [0.5, 0.6) is 0 Å². The van der Waals surface area contributed by atoms with Gasteiger partial charge in [-0.25, -0.2) is 0 Å². The fourth-order valence-electron chi connectivity index (χ4n) is 11.2. The third-order valence-corrected chi connectivity index (χ3v) is 11.5. The molecule has 2 heterocycles. The lowest BCUT2D eigenvalue weighted by Crippen LogP contribution is -2.81. The van der Waals surface area contributed by atoms with E-state index in [2.05, 4.69) is 11.8 Å². The van der Waals surface area contributed by atoms with E-state index in [1.54, 1.807) is 14.2 Å². The summed E-state index contributed by atoms with van der Waals surface area (Å²) in [5.41, 5.74) is -2.56. The number of piperidine rings is 1. The van der Waals surface area contributed by atoms with E-state index in [4.69, 9.17) is 18.9 Å². The molecule has 7 rings (SSSR count). The number of hydrogen-bond donors (Lipinski definition) is 3. The van der Waals surface area contributed by atoms with E-state index in [-0.39, 0.29) is 48.0 Å². The van der Waals surface area contributed by atoms with E-state index in [0.717, 1.165) is 25.9 Å². The molecule has 3 spiro atoms. The molecule has 32 heavy (non-hydrogen) atoms. The highest BCUT2D eigenvalue weighted by Gasteiger charge is 2.93. The first-order valence-electron chi connectivity index (χ1n) is 12.5. The lowest BCUT2D eigenvalue weighted by molar-refractivity contribution is -0.283. The zero-order valence-corrected chi connectivity index (χ0v) is 19.3. The molecule has 0 aromatic rings. The highest BCUT2D eigenvalue weighted by atomic mass is 16.7. The summed E-state index contributed by atoms with van der Waals surface area (Å²) in [4.78, 5) is 2.46. The Morgan fingerprint density at radius 3 is 2.69 bits per heavy atom. The number of likely N-dealkylation sites (N-methyl/N-ethyl adjacent to an activating group) is 1. The fourth-order valence-corrected chi connectivity index (χ4v) is 11.2. The molecule has 2 saturated heterocycles. The predicted molar refractivity (Wildman–Crippen MR) is 112 cm³/mol. The predicted octanol–water partition coefficient (Wildman–Crippen LogP) is -0.0175. The van der Waals surface area contributed by atoms with Crippen molar-refractivity contribution < 1.29 is 34.3 Å². The number of aliphatic hydroxyl groups is 3. The van der Waals surface area contributed by atoms with E-state index < -0.39 is 34.9 Å². The molecule has 0 aromatic heterocycles. The van der Waals surface area contributed by atoms with Crippen molar-refractivity contribution in [1.82, 2.24) is 4.90 Å². The smallest absolute Gasteiger partial charge is 0.148 e. The highest BCUT2D eigenvalue weighted by molar-refractivity contribution is 5.42. The van der Waals surface area contributed by atoms with Crippen LogP contribution >= 0.6 is 0 Å². The maximum Gasteiger partial charge on any atom is 0.148 e. The maximum atomic E-state index is 12.3. The Labute approximate surface area is 189 Å². The minimum atomic E-state index is -0.983. The third kappa shape index (κ3) is 1.79. The highest BCUT2D eigenvalue weighted by Crippen LogP contribution is 2.81. The van der Waals surface area contributed by atoms with Crippen LogP contribution in [0.15, 0.2) is 0 Å². The van der Waals surface area contributed by atoms with Crippen molar-refractivity contribution in [3.63, 3.8) is 0 Å². The maximum absolute atomic E-state index is 12.3. The summed E-state index contributed by atoms with van der Waals surface area (Å²) in [6.07, 6.45) is 0.740. The monoisotopic (exact) mass is 451 g/mol. The van der Waals surface area contributed by atoms with Gasteiger partial charge in [0.15, 0.2) is 0 Å². The quantitative estimate of drug-likeness (QED) is 0.549. The van der Waals surface area contributed by atoms with Crippen LogP contribution in [0.2, 0.25) is 0 Å². The molecule has 8 heteroatoms. The van der Waals surface area contributed by atoms with Gasteiger partial charge in [0, 0.05) is 55.8 Å². The van der Waals surface area contributed by atoms with Gasteiger partial charge in [-0.1, -0.05) is 6.92 Å². The summed E-state index contributed by atoms with van der Waals surface area (Å²) in [6.45, 7) is 4.47. The van der Waals surface area contributed by atoms with Gasteiger partial charge in [-0.2, -0.15) is 0 Å². The molecule has 5 aliphatic carbocycles. The number of aliphatic hydroxyl groups excluding tert-OH is 3. The molecule has 3 N–H and O–H groups in total. The molecule has 5 saturated carbocycles. The molecule has 2 aliphatic heterocycles. The van der Waals surface area contributed by atoms with Gasteiger partial charge in [-0.3, -0.25) is 4.90 Å². The number of rotatable bonds is 4. The van der Waals surface area contributed by atoms with E-state index in [0.29, 0.717) is 19.4 Å². The zero-order valence-electron chi connectivity index (χ0n) is 19.3. The first kappa shape index (κ1) is 21.0. The molecule has 7 aliphatic rings. The van der Waals surface area contributed by atoms with Gasteiger partial charge in [0.05, 0.1) is 37.1 Å². The van der Waals surface area contributed by atoms with Crippen molar-refractivity contribution in [1.29, 1.82) is 0 Å². The van der Waals surface area contributed by atoms with Crippen molar-refractivity contribution in [2.75, 3.05) is 40.7 Å². The Balaban J connectivity index is 1.55. The zero-order chi connectivity index (χ0) is 22.3. The van der Waals surface area contributed by atoms with Gasteiger partial charge in [-0.15, -0.1) is 0 Å². The molecule has 7 fully saturated rings. The number of ether oxygens (including phenoxy) is 4. The molecular formula is C24H37NO7. The lowest BCUT2D eigenvalue weighted by atomic mass is 9.42. The van der Waals surface area contributed by atoms with Crippen LogP contribution < -0.4 is 0 Å². The second kappa shape index (κ2) is 6.26. The standard InChI is InChI=1S/C24H37NO7/c1-4-25-9-21(10-29-2)6-5-15(27)23-13-7-12-14(26)8-22(16(13)17(12)30-3)24(20(23)25,32-11-31-22)19(28)18(21)23/h12-20,26-28H,4-11H2,1-3H3/t12-,13-,14+,15+,16-,17+,18-,19+,20+,21+,22-,23+,24-/m1/s1. The summed E-state index contributed by atoms with van der Waals surface area (Å²) in [5.74, 6) is -0.0230. The van der Waals surface area contributed by atoms with E-state index in [1.807, 2.05) is 0 Å². The van der Waals surface area contributed by atoms with E-state index in [9.17, 15) is 15.3 Å². The SMILES string of the molecule is CCN1C[C@]2(COC)CC[C@H](O)[C@@]34[C@@H]5C[C@H]6[C@H](OC)[C@@H]5[C@@]5(C[C@@H]6O)OCO[C@]5([C@@H](O)[C@H]23)[C@@H]14. The van der Waals surface area contributed by atoms with Gasteiger partial charge in [-0.05, 0) is 31.7 Å². The molecule has 0 radical (unpaired) electrons. The van der Waals surface area contributed by atoms with Gasteiger partial charge < -0.3 is 34.3 Å². The molecule has 0 amide bonds. The molecule has 13 atom stereocenters. The van der Waals surface area contributed by atoms with E-state index in [1.165, 1.54) is 0 Å². The van der Waals surface area contributed by atoms with Crippen LogP contribution in [0.1, 0.15) is 32.6 Å². The van der Waals surface area contributed by atoms with E-state index >= 15 is 0 Å². The molecule has 0 unspecified atom stereocenters. The minimum absolute atomic E-state index is 0.0101. The van der Waals surface area contributed by atoms with Gasteiger partial charge >= 0.3 is 0 Å². The second-order valence-corrected chi connectivity index (χ2v) is 11.8. The Morgan fingerprint density at radius 1 is 1.16 bits per heavy atom. The summed E-state index contributed by atoms with van der Waals surface area (Å²) in [5, 5.41) is 35.6. The number of nitrogens with zero attached hydrogens (tertiary/aromatic N) is 1. The summed E-state index contributed by atoms with van der Waals surface area (Å²) in [7, 11) is 3.47. The molecular weight excluding hydrogens is 414 g/mol. The summed E-state index contributed by atoms with van der Waals surface area (Å²) in [6, 6.07) is -0.148. The third-order valence-electron chi connectivity index (χ3n) is 11.5. The Kier molecular flexibility index (Phi) is 4.11. The molecule has 180 valence electrons. The van der Waals surface area contributed by atoms with Gasteiger partial charge in [0.2, 0.25) is 0 Å². The van der Waals surface area contributed by atoms with Crippen molar-refractivity contribution >= 4 is 0 Å². The fraction of sp³-hybridized carbons (Fsp3) is 1.00. The lowest BCUT2D eigenvalue weighted by Gasteiger charge is -2.69. The largest absolute Gasteiger partial charge is 0.393 e. The first-order valence-corrected chi connectivity index (χ1v) is 12.5. The number of methoxy groups -OCH3 is 2. The van der Waals surface area contributed by atoms with Crippen LogP contribution in [0.3, 0.4) is 0 Å². The summed E-state index contributed by atoms with van der Waals surface area (Å²) >= 11 is 0. The van der Waals surface area contributed by atoms with Crippen molar-refractivity contribution in [2.24, 2.45) is 34.5 Å². The van der Waals surface area contributed by atoms with Crippen molar-refractivity contribution in [3.8, 4) is 0 Å². The normalized spacial score (nSPS) is 64.1. The van der Waals surface area contributed by atoms with Crippen LogP contribution in [-0.4, -0.2) is 103 Å². The van der Waals surface area contributed by atoms with Crippen LogP contribution in [0.25, 0.3) is 0 Å². The number of likely N-dealkylation sites (tertiary alicyclic amines) is 1. The topological polar surface area (TPSA) is 101 Å². The van der Waals surface area contributed by atoms with Gasteiger partial charge in [0.25, 0.3) is 0 Å². The Hall–Kier alpha value is -0.320. The van der Waals surface area contributed by atoms with Crippen molar-refractivity contribution in [3.05, 3.63) is 0 Å².